The van der Waals surface area contributed by atoms with Gasteiger partial charge in [0.25, 0.3) is 0 Å². The molecule has 0 fully saturated rings. The fourth-order valence-electron chi connectivity index (χ4n) is 4.81. The van der Waals surface area contributed by atoms with Gasteiger partial charge >= 0.3 is 5.97 Å². The zero-order valence-electron chi connectivity index (χ0n) is 24.1. The standard InChI is InChI=1S/C38H34O4/c1-26-4-8-29(9-5-26)31-12-16-33(17-13-31)36(34-18-14-32(15-19-34)30-10-6-27(2)7-11-30)22-23-41-35-20-21-37(28(3)24-35)42-25-38(39)40/h4-22,24H,23,25H2,1-3H3,(H,39,40). The highest BCUT2D eigenvalue weighted by atomic mass is 16.5. The fourth-order valence-corrected chi connectivity index (χ4v) is 4.81. The van der Waals surface area contributed by atoms with Crippen molar-refractivity contribution in [2.75, 3.05) is 13.2 Å². The van der Waals surface area contributed by atoms with Gasteiger partial charge in [-0.2, -0.15) is 0 Å². The third-order valence-electron chi connectivity index (χ3n) is 7.20. The Morgan fingerprint density at radius 1 is 0.619 bits per heavy atom. The van der Waals surface area contributed by atoms with Crippen molar-refractivity contribution < 1.29 is 19.4 Å². The molecular weight excluding hydrogens is 520 g/mol. The van der Waals surface area contributed by atoms with Gasteiger partial charge in [-0.15, -0.1) is 0 Å². The third-order valence-corrected chi connectivity index (χ3v) is 7.20. The number of hydrogen-bond acceptors (Lipinski definition) is 3. The largest absolute Gasteiger partial charge is 0.489 e. The van der Waals surface area contributed by atoms with Crippen LogP contribution >= 0.6 is 0 Å². The summed E-state index contributed by atoms with van der Waals surface area (Å²) in [7, 11) is 0. The zero-order chi connectivity index (χ0) is 29.5. The van der Waals surface area contributed by atoms with Crippen molar-refractivity contribution in [3.8, 4) is 33.8 Å². The molecule has 4 heteroatoms. The van der Waals surface area contributed by atoms with Crippen molar-refractivity contribution >= 4 is 11.5 Å². The summed E-state index contributed by atoms with van der Waals surface area (Å²) in [6.45, 7) is 6.05. The Bertz CT molecular complexity index is 1590. The Morgan fingerprint density at radius 2 is 1.07 bits per heavy atom. The van der Waals surface area contributed by atoms with Crippen LogP contribution in [0.25, 0.3) is 27.8 Å². The molecule has 0 unspecified atom stereocenters. The van der Waals surface area contributed by atoms with Crippen molar-refractivity contribution in [1.82, 2.24) is 0 Å². The second kappa shape index (κ2) is 13.0. The van der Waals surface area contributed by atoms with Gasteiger partial charge in [0, 0.05) is 0 Å². The van der Waals surface area contributed by atoms with E-state index in [4.69, 9.17) is 14.6 Å². The van der Waals surface area contributed by atoms with E-state index >= 15 is 0 Å². The minimum absolute atomic E-state index is 0.365. The Balaban J connectivity index is 1.40. The predicted molar refractivity (Wildman–Crippen MR) is 170 cm³/mol. The van der Waals surface area contributed by atoms with Gasteiger partial charge in [-0.25, -0.2) is 4.79 Å². The van der Waals surface area contributed by atoms with Crippen LogP contribution in [0.15, 0.2) is 121 Å². The average Bonchev–Trinajstić information content (AvgIpc) is 3.00. The fraction of sp³-hybridized carbons (Fsp3) is 0.132. The number of aliphatic carboxylic acids is 1. The van der Waals surface area contributed by atoms with Gasteiger partial charge in [0.05, 0.1) is 0 Å². The number of ether oxygens (including phenoxy) is 2. The van der Waals surface area contributed by atoms with Crippen LogP contribution in [0.1, 0.15) is 27.8 Å². The summed E-state index contributed by atoms with van der Waals surface area (Å²) < 4.78 is 11.4. The molecule has 0 spiro atoms. The molecule has 0 aromatic heterocycles. The summed E-state index contributed by atoms with van der Waals surface area (Å²) in [6.07, 6.45) is 2.10. The quantitative estimate of drug-likeness (QED) is 0.187. The maximum atomic E-state index is 10.8. The second-order valence-corrected chi connectivity index (χ2v) is 10.4. The minimum Gasteiger partial charge on any atom is -0.489 e. The topological polar surface area (TPSA) is 55.8 Å². The van der Waals surface area contributed by atoms with Gasteiger partial charge in [0.2, 0.25) is 0 Å². The molecule has 4 nitrogen and oxygen atoms in total. The van der Waals surface area contributed by atoms with E-state index < -0.39 is 5.97 Å². The number of carboxylic acid groups (broad SMARTS) is 1. The molecule has 0 saturated carbocycles. The van der Waals surface area contributed by atoms with E-state index in [1.165, 1.54) is 33.4 Å². The maximum absolute atomic E-state index is 10.8. The summed E-state index contributed by atoms with van der Waals surface area (Å²) in [5, 5.41) is 8.89. The summed E-state index contributed by atoms with van der Waals surface area (Å²) in [5.74, 6) is 0.213. The summed E-state index contributed by atoms with van der Waals surface area (Å²) in [4.78, 5) is 10.8. The number of benzene rings is 5. The molecular formula is C38H34O4. The van der Waals surface area contributed by atoms with E-state index in [2.05, 4.69) is 117 Å². The molecule has 0 bridgehead atoms. The molecule has 1 N–H and O–H groups in total. The van der Waals surface area contributed by atoms with Gasteiger partial charge in [-0.1, -0.05) is 108 Å². The number of hydrogen-bond donors (Lipinski definition) is 1. The number of rotatable bonds is 10. The highest BCUT2D eigenvalue weighted by molar-refractivity contribution is 5.82. The van der Waals surface area contributed by atoms with E-state index in [1.807, 2.05) is 13.0 Å². The zero-order valence-corrected chi connectivity index (χ0v) is 24.1. The van der Waals surface area contributed by atoms with Gasteiger partial charge in [-0.05, 0) is 89.6 Å². The first-order valence-electron chi connectivity index (χ1n) is 14.0. The molecule has 0 radical (unpaired) electrons. The van der Waals surface area contributed by atoms with Crippen LogP contribution in [0.3, 0.4) is 0 Å². The lowest BCUT2D eigenvalue weighted by atomic mass is 9.93. The van der Waals surface area contributed by atoms with Crippen LogP contribution < -0.4 is 9.47 Å². The molecule has 42 heavy (non-hydrogen) atoms. The number of carbonyl (C=O) groups is 1. The molecule has 210 valence electrons. The lowest BCUT2D eigenvalue weighted by molar-refractivity contribution is -0.139. The first kappa shape index (κ1) is 28.4. The molecule has 0 aliphatic carbocycles. The first-order valence-corrected chi connectivity index (χ1v) is 14.0. The van der Waals surface area contributed by atoms with Crippen LogP contribution in [-0.4, -0.2) is 24.3 Å². The van der Waals surface area contributed by atoms with Crippen LogP contribution in [0.2, 0.25) is 0 Å². The average molecular weight is 555 g/mol. The summed E-state index contributed by atoms with van der Waals surface area (Å²) in [6, 6.07) is 39.8. The minimum atomic E-state index is -1.01. The Kier molecular flexibility index (Phi) is 8.84. The molecule has 0 amide bonds. The number of carboxylic acids is 1. The first-order chi connectivity index (χ1) is 20.4. The Hall–Kier alpha value is -5.09. The second-order valence-electron chi connectivity index (χ2n) is 10.4. The van der Waals surface area contributed by atoms with Crippen molar-refractivity contribution in [3.05, 3.63) is 149 Å². The number of aryl methyl sites for hydroxylation is 3. The summed E-state index contributed by atoms with van der Waals surface area (Å²) in [5.41, 5.74) is 11.3. The molecule has 0 aliphatic heterocycles. The van der Waals surface area contributed by atoms with Crippen LogP contribution in [0, 0.1) is 20.8 Å². The van der Waals surface area contributed by atoms with Gasteiger partial charge < -0.3 is 14.6 Å². The third kappa shape index (κ3) is 7.15. The molecule has 5 aromatic rings. The predicted octanol–water partition coefficient (Wildman–Crippen LogP) is 8.92. The van der Waals surface area contributed by atoms with Crippen molar-refractivity contribution in [1.29, 1.82) is 0 Å². The highest BCUT2D eigenvalue weighted by Crippen LogP contribution is 2.30. The Labute approximate surface area is 247 Å². The van der Waals surface area contributed by atoms with Crippen molar-refractivity contribution in [2.24, 2.45) is 0 Å². The van der Waals surface area contributed by atoms with Gasteiger partial charge in [0.1, 0.15) is 18.1 Å². The summed E-state index contributed by atoms with van der Waals surface area (Å²) >= 11 is 0. The van der Waals surface area contributed by atoms with Crippen molar-refractivity contribution in [3.63, 3.8) is 0 Å². The van der Waals surface area contributed by atoms with Gasteiger partial charge in [0.15, 0.2) is 6.61 Å². The molecule has 0 aliphatic rings. The Morgan fingerprint density at radius 3 is 1.50 bits per heavy atom. The van der Waals surface area contributed by atoms with E-state index in [0.29, 0.717) is 18.1 Å². The smallest absolute Gasteiger partial charge is 0.341 e. The van der Waals surface area contributed by atoms with E-state index in [1.54, 1.807) is 12.1 Å². The van der Waals surface area contributed by atoms with Crippen LogP contribution in [-0.2, 0) is 4.79 Å². The highest BCUT2D eigenvalue weighted by Gasteiger charge is 2.09. The molecule has 0 heterocycles. The van der Waals surface area contributed by atoms with Crippen molar-refractivity contribution in [2.45, 2.75) is 20.8 Å². The monoisotopic (exact) mass is 554 g/mol. The van der Waals surface area contributed by atoms with Crippen LogP contribution in [0.4, 0.5) is 0 Å². The van der Waals surface area contributed by atoms with E-state index in [-0.39, 0.29) is 6.61 Å². The molecule has 5 aromatic carbocycles. The van der Waals surface area contributed by atoms with Crippen LogP contribution in [0.5, 0.6) is 11.5 Å². The molecule has 0 saturated heterocycles. The maximum Gasteiger partial charge on any atom is 0.341 e. The van der Waals surface area contributed by atoms with Gasteiger partial charge in [-0.3, -0.25) is 0 Å². The van der Waals surface area contributed by atoms with E-state index in [0.717, 1.165) is 22.3 Å². The molecule has 0 atom stereocenters. The SMILES string of the molecule is Cc1ccc(-c2ccc(C(=CCOc3ccc(OCC(=O)O)c(C)c3)c3ccc(-c4ccc(C)cc4)cc3)cc2)cc1. The van der Waals surface area contributed by atoms with E-state index in [9.17, 15) is 4.79 Å². The molecule has 5 rings (SSSR count). The lowest BCUT2D eigenvalue weighted by Gasteiger charge is -2.13. The lowest BCUT2D eigenvalue weighted by Crippen LogP contribution is -2.10. The normalized spacial score (nSPS) is 10.6.